The zero-order valence-corrected chi connectivity index (χ0v) is 19.6. The Labute approximate surface area is 202 Å². The van der Waals surface area contributed by atoms with Crippen LogP contribution in [0.2, 0.25) is 0 Å². The molecule has 6 rings (SSSR count). The van der Waals surface area contributed by atoms with Crippen molar-refractivity contribution in [3.8, 4) is 11.4 Å². The first-order valence-electron chi connectivity index (χ1n) is 12.3. The largest absolute Gasteiger partial charge is 0.458 e. The van der Waals surface area contributed by atoms with Gasteiger partial charge < -0.3 is 19.2 Å². The summed E-state index contributed by atoms with van der Waals surface area (Å²) in [6, 6.07) is 9.51. The second-order valence-corrected chi connectivity index (χ2v) is 9.57. The molecule has 180 valence electrons. The van der Waals surface area contributed by atoms with Gasteiger partial charge in [-0.15, -0.1) is 0 Å². The first-order valence-corrected chi connectivity index (χ1v) is 12.3. The van der Waals surface area contributed by atoms with Crippen LogP contribution in [0.1, 0.15) is 67.7 Å². The van der Waals surface area contributed by atoms with Crippen LogP contribution in [-0.2, 0) is 33.1 Å². The number of rotatable bonds is 4. The molecule has 1 saturated carbocycles. The smallest absolute Gasteiger partial charge is 0.343 e. The van der Waals surface area contributed by atoms with Gasteiger partial charge in [0.15, 0.2) is 5.60 Å². The predicted molar refractivity (Wildman–Crippen MR) is 130 cm³/mol. The van der Waals surface area contributed by atoms with E-state index >= 15 is 0 Å². The summed E-state index contributed by atoms with van der Waals surface area (Å²) in [6.07, 6.45) is 7.57. The van der Waals surface area contributed by atoms with Gasteiger partial charge in [0.05, 0.1) is 35.2 Å². The van der Waals surface area contributed by atoms with E-state index in [9.17, 15) is 14.7 Å². The number of carbonyl (C=O) groups excluding carboxylic acids is 1. The van der Waals surface area contributed by atoms with Crippen molar-refractivity contribution in [3.63, 3.8) is 0 Å². The molecule has 3 aromatic rings. The fourth-order valence-corrected chi connectivity index (χ4v) is 5.55. The molecule has 0 spiro atoms. The van der Waals surface area contributed by atoms with Crippen LogP contribution in [0.3, 0.4) is 0 Å². The number of ether oxygens (including phenoxy) is 1. The van der Waals surface area contributed by atoms with Gasteiger partial charge in [-0.05, 0) is 44.2 Å². The fourth-order valence-electron chi connectivity index (χ4n) is 5.55. The van der Waals surface area contributed by atoms with Gasteiger partial charge in [-0.3, -0.25) is 4.79 Å². The molecular formula is C27H27N3O5. The van der Waals surface area contributed by atoms with Crippen LogP contribution in [0.4, 0.5) is 0 Å². The van der Waals surface area contributed by atoms with Gasteiger partial charge in [-0.2, -0.15) is 0 Å². The van der Waals surface area contributed by atoms with E-state index in [2.05, 4.69) is 5.16 Å². The van der Waals surface area contributed by atoms with Crippen LogP contribution in [0, 0.1) is 0 Å². The standard InChI is InChI=1S/C27H27N3O5/c1-2-27(33)21-12-23-24-19(14-30(23)25(31)20(21)15-34-26(27)32)18(17-10-6-7-11-22(17)29-24)13-28-35-16-8-4-3-5-9-16/h6-7,10-13,16,33H,2-5,8-9,14-15H2,1H3/t27-/m0/s1. The number of esters is 1. The van der Waals surface area contributed by atoms with Gasteiger partial charge in [-0.1, -0.05) is 36.7 Å². The summed E-state index contributed by atoms with van der Waals surface area (Å²) in [7, 11) is 0. The molecular weight excluding hydrogens is 446 g/mol. The number of oxime groups is 1. The molecule has 0 radical (unpaired) electrons. The lowest BCUT2D eigenvalue weighted by Crippen LogP contribution is -2.44. The highest BCUT2D eigenvalue weighted by Crippen LogP contribution is 2.39. The molecule has 8 heteroatoms. The molecule has 1 aromatic carbocycles. The van der Waals surface area contributed by atoms with E-state index in [0.717, 1.165) is 47.7 Å². The molecule has 1 N–H and O–H groups in total. The van der Waals surface area contributed by atoms with Gasteiger partial charge >= 0.3 is 5.97 Å². The topological polar surface area (TPSA) is 103 Å². The summed E-state index contributed by atoms with van der Waals surface area (Å²) in [5, 5.41) is 16.4. The van der Waals surface area contributed by atoms with Crippen LogP contribution in [0.25, 0.3) is 22.3 Å². The summed E-state index contributed by atoms with van der Waals surface area (Å²) in [5.74, 6) is -0.728. The van der Waals surface area contributed by atoms with Gasteiger partial charge in [0.25, 0.3) is 5.56 Å². The maximum Gasteiger partial charge on any atom is 0.343 e. The van der Waals surface area contributed by atoms with E-state index in [1.54, 1.807) is 23.8 Å². The van der Waals surface area contributed by atoms with Gasteiger partial charge in [0.1, 0.15) is 12.7 Å². The van der Waals surface area contributed by atoms with Crippen molar-refractivity contribution in [2.45, 2.75) is 70.3 Å². The Morgan fingerprint density at radius 2 is 2.03 bits per heavy atom. The number of nitrogens with zero attached hydrogens (tertiary/aromatic N) is 3. The van der Waals surface area contributed by atoms with Crippen molar-refractivity contribution in [1.82, 2.24) is 9.55 Å². The number of carbonyl (C=O) groups is 1. The molecule has 35 heavy (non-hydrogen) atoms. The number of pyridine rings is 2. The molecule has 0 unspecified atom stereocenters. The Morgan fingerprint density at radius 3 is 2.83 bits per heavy atom. The second kappa shape index (κ2) is 8.30. The van der Waals surface area contributed by atoms with Crippen molar-refractivity contribution in [2.24, 2.45) is 5.16 Å². The van der Waals surface area contributed by atoms with E-state index in [4.69, 9.17) is 14.6 Å². The molecule has 1 aliphatic carbocycles. The molecule has 2 aromatic heterocycles. The normalized spacial score (nSPS) is 21.6. The SMILES string of the molecule is CC[C@@]1(O)C(=O)OCc2c1cc1n(c2=O)Cc2c-1nc1ccccc1c2C=NOC1CCCCC1. The number of aromatic nitrogens is 2. The third kappa shape index (κ3) is 3.38. The zero-order chi connectivity index (χ0) is 24.2. The highest BCUT2D eigenvalue weighted by atomic mass is 16.6. The van der Waals surface area contributed by atoms with Crippen molar-refractivity contribution in [2.75, 3.05) is 0 Å². The van der Waals surface area contributed by atoms with E-state index in [1.165, 1.54) is 6.42 Å². The highest BCUT2D eigenvalue weighted by Gasteiger charge is 2.45. The number of hydrogen-bond donors (Lipinski definition) is 1. The van der Waals surface area contributed by atoms with E-state index in [1.807, 2.05) is 24.3 Å². The summed E-state index contributed by atoms with van der Waals surface area (Å²) >= 11 is 0. The van der Waals surface area contributed by atoms with Crippen molar-refractivity contribution in [3.05, 3.63) is 62.9 Å². The maximum atomic E-state index is 13.5. The number of fused-ring (bicyclic) bond motifs is 5. The number of para-hydroxylation sites is 1. The summed E-state index contributed by atoms with van der Waals surface area (Å²) in [5.41, 5.74) is 2.23. The number of cyclic esters (lactones) is 1. The first-order chi connectivity index (χ1) is 17.0. The van der Waals surface area contributed by atoms with E-state index < -0.39 is 11.6 Å². The Morgan fingerprint density at radius 1 is 1.23 bits per heavy atom. The third-order valence-electron chi connectivity index (χ3n) is 7.58. The average molecular weight is 474 g/mol. The lowest BCUT2D eigenvalue weighted by molar-refractivity contribution is -0.172. The zero-order valence-electron chi connectivity index (χ0n) is 19.6. The van der Waals surface area contributed by atoms with Crippen LogP contribution >= 0.6 is 0 Å². The number of benzene rings is 1. The molecule has 2 aliphatic heterocycles. The monoisotopic (exact) mass is 473 g/mol. The van der Waals surface area contributed by atoms with Crippen LogP contribution in [-0.4, -0.2) is 32.9 Å². The quantitative estimate of drug-likeness (QED) is 0.275. The predicted octanol–water partition coefficient (Wildman–Crippen LogP) is 3.76. The van der Waals surface area contributed by atoms with Gasteiger partial charge in [0, 0.05) is 22.1 Å². The van der Waals surface area contributed by atoms with Gasteiger partial charge in [-0.25, -0.2) is 9.78 Å². The molecule has 1 fully saturated rings. The summed E-state index contributed by atoms with van der Waals surface area (Å²) in [4.78, 5) is 36.6. The average Bonchev–Trinajstić information content (AvgIpc) is 3.25. The Balaban J connectivity index is 1.50. The number of aliphatic hydroxyl groups is 1. The Hall–Kier alpha value is -3.52. The molecule has 8 nitrogen and oxygen atoms in total. The molecule has 4 heterocycles. The van der Waals surface area contributed by atoms with Crippen molar-refractivity contribution < 1.29 is 19.5 Å². The minimum Gasteiger partial charge on any atom is -0.458 e. The number of hydrogen-bond acceptors (Lipinski definition) is 7. The Kier molecular flexibility index (Phi) is 5.21. The molecule has 3 aliphatic rings. The molecule has 0 bridgehead atoms. The Bertz CT molecular complexity index is 1440. The molecule has 0 amide bonds. The van der Waals surface area contributed by atoms with E-state index in [-0.39, 0.29) is 24.7 Å². The molecule has 1 atom stereocenters. The molecule has 0 saturated heterocycles. The van der Waals surface area contributed by atoms with Crippen molar-refractivity contribution in [1.29, 1.82) is 0 Å². The van der Waals surface area contributed by atoms with Crippen molar-refractivity contribution >= 4 is 23.1 Å². The van der Waals surface area contributed by atoms with Gasteiger partial charge in [0.2, 0.25) is 0 Å². The highest BCUT2D eigenvalue weighted by molar-refractivity contribution is 6.02. The summed E-state index contributed by atoms with van der Waals surface area (Å²) < 4.78 is 6.81. The van der Waals surface area contributed by atoms with E-state index in [0.29, 0.717) is 29.1 Å². The van der Waals surface area contributed by atoms with Crippen LogP contribution in [0.5, 0.6) is 0 Å². The summed E-state index contributed by atoms with van der Waals surface area (Å²) in [6.45, 7) is 1.87. The van der Waals surface area contributed by atoms with Crippen LogP contribution < -0.4 is 5.56 Å². The fraction of sp³-hybridized carbons (Fsp3) is 0.407. The third-order valence-corrected chi connectivity index (χ3v) is 7.58. The lowest BCUT2D eigenvalue weighted by atomic mass is 9.86. The second-order valence-electron chi connectivity index (χ2n) is 9.57. The van der Waals surface area contributed by atoms with Crippen LogP contribution in [0.15, 0.2) is 40.3 Å². The minimum atomic E-state index is -1.85. The lowest BCUT2D eigenvalue weighted by Gasteiger charge is -2.31. The first kappa shape index (κ1) is 22.0. The minimum absolute atomic E-state index is 0.107. The maximum absolute atomic E-state index is 13.5.